The molecule has 10 atom stereocenters. The maximum atomic E-state index is 13.5. The Morgan fingerprint density at radius 3 is 2.24 bits per heavy atom. The van der Waals surface area contributed by atoms with Gasteiger partial charge in [-0.3, -0.25) is 4.79 Å². The third kappa shape index (κ3) is 2.74. The van der Waals surface area contributed by atoms with Crippen LogP contribution in [0.25, 0.3) is 0 Å². The van der Waals surface area contributed by atoms with Gasteiger partial charge >= 0.3 is 0 Å². The normalized spacial score (nSPS) is 56.5. The number of ketones is 1. The van der Waals surface area contributed by atoms with Crippen molar-refractivity contribution in [3.63, 3.8) is 0 Å². The van der Waals surface area contributed by atoms with Gasteiger partial charge in [0.2, 0.25) is 0 Å². The lowest BCUT2D eigenvalue weighted by Crippen LogP contribution is -2.66. The van der Waals surface area contributed by atoms with E-state index in [0.29, 0.717) is 11.8 Å². The summed E-state index contributed by atoms with van der Waals surface area (Å²) < 4.78 is 0. The van der Waals surface area contributed by atoms with Crippen LogP contribution in [0.2, 0.25) is 0 Å². The number of carbonyl (C=O) groups is 1. The molecule has 4 saturated carbocycles. The highest BCUT2D eigenvalue weighted by molar-refractivity contribution is 5.91. The SMILES string of the molecule is CC1(C)C[C@H]2C3=CC[C@@H]4[C@@]5(C)CC[C@H](O)[C@](C)(CO)[C@@H]5CC[C@@]4(C)[C@]3(C)CC[C@@]2(C)C(=O)[C@@H]1O. The molecule has 0 bridgehead atoms. The molecule has 4 nitrogen and oxygen atoms in total. The van der Waals surface area contributed by atoms with E-state index in [1.165, 1.54) is 5.57 Å². The summed E-state index contributed by atoms with van der Waals surface area (Å²) in [5, 5.41) is 32.2. The van der Waals surface area contributed by atoms with Crippen LogP contribution in [0, 0.1) is 50.2 Å². The standard InChI is InChI=1S/C30H48O4/c1-25(2)16-19-18-8-9-21-27(4)12-11-22(32)28(5,17-31)20(27)10-13-30(21,7)29(18,6)15-14-26(19,3)24(34)23(25)33/h8,19-23,31-33H,9-17H2,1-7H3/t19-,20+,21+,22-,23-,26+,27-,28+,29+,30+/m0/s1. The second-order valence-corrected chi connectivity index (χ2v) is 14.9. The van der Waals surface area contributed by atoms with E-state index in [1.807, 2.05) is 0 Å². The van der Waals surface area contributed by atoms with E-state index in [0.717, 1.165) is 51.4 Å². The Bertz CT molecular complexity index is 923. The lowest BCUT2D eigenvalue weighted by Gasteiger charge is -2.71. The first-order valence-corrected chi connectivity index (χ1v) is 13.8. The summed E-state index contributed by atoms with van der Waals surface area (Å²) in [6.45, 7) is 15.9. The minimum atomic E-state index is -0.871. The van der Waals surface area contributed by atoms with Gasteiger partial charge in [-0.1, -0.05) is 60.1 Å². The fraction of sp³-hybridized carbons (Fsp3) is 0.900. The second kappa shape index (κ2) is 7.19. The lowest BCUT2D eigenvalue weighted by atomic mass is 9.33. The Morgan fingerprint density at radius 1 is 0.912 bits per heavy atom. The van der Waals surface area contributed by atoms with E-state index >= 15 is 0 Å². The number of fused-ring (bicyclic) bond motifs is 7. The average Bonchev–Trinajstić information content (AvgIpc) is 2.77. The Labute approximate surface area is 206 Å². The summed E-state index contributed by atoms with van der Waals surface area (Å²) in [6.07, 6.45) is 8.91. The average molecular weight is 473 g/mol. The zero-order valence-corrected chi connectivity index (χ0v) is 22.6. The van der Waals surface area contributed by atoms with Crippen LogP contribution in [0.15, 0.2) is 11.6 Å². The van der Waals surface area contributed by atoms with E-state index in [9.17, 15) is 20.1 Å². The minimum absolute atomic E-state index is 0.0401. The molecule has 0 amide bonds. The first-order chi connectivity index (χ1) is 15.6. The topological polar surface area (TPSA) is 77.8 Å². The molecule has 0 spiro atoms. The molecule has 0 aromatic carbocycles. The van der Waals surface area contributed by atoms with Crippen molar-refractivity contribution in [3.8, 4) is 0 Å². The number of hydrogen-bond acceptors (Lipinski definition) is 4. The Balaban J connectivity index is 1.59. The lowest BCUT2D eigenvalue weighted by molar-refractivity contribution is -0.216. The van der Waals surface area contributed by atoms with Gasteiger partial charge in [-0.15, -0.1) is 0 Å². The molecule has 34 heavy (non-hydrogen) atoms. The molecule has 3 N–H and O–H groups in total. The number of Topliss-reactive ketones (excluding diaryl/α,β-unsaturated/α-hetero) is 1. The van der Waals surface area contributed by atoms with E-state index in [4.69, 9.17) is 0 Å². The van der Waals surface area contributed by atoms with E-state index in [-0.39, 0.29) is 34.6 Å². The molecule has 0 radical (unpaired) electrons. The first-order valence-electron chi connectivity index (χ1n) is 13.8. The van der Waals surface area contributed by atoms with Crippen LogP contribution in [0.1, 0.15) is 99.8 Å². The molecule has 192 valence electrons. The summed E-state index contributed by atoms with van der Waals surface area (Å²) in [4.78, 5) is 13.5. The quantitative estimate of drug-likeness (QED) is 0.453. The zero-order valence-electron chi connectivity index (χ0n) is 22.6. The van der Waals surface area contributed by atoms with Crippen LogP contribution in [-0.2, 0) is 4.79 Å². The number of allylic oxidation sites excluding steroid dienone is 2. The highest BCUT2D eigenvalue weighted by atomic mass is 16.3. The number of aliphatic hydroxyl groups excluding tert-OH is 3. The molecule has 0 saturated heterocycles. The smallest absolute Gasteiger partial charge is 0.168 e. The summed E-state index contributed by atoms with van der Waals surface area (Å²) in [5.74, 6) is 1.09. The predicted molar refractivity (Wildman–Crippen MR) is 134 cm³/mol. The maximum absolute atomic E-state index is 13.5. The molecule has 0 aromatic rings. The first kappa shape index (κ1) is 25.0. The molecule has 4 heteroatoms. The van der Waals surface area contributed by atoms with Crippen molar-refractivity contribution >= 4 is 5.78 Å². The third-order valence-electron chi connectivity index (χ3n) is 13.2. The van der Waals surface area contributed by atoms with E-state index < -0.39 is 28.5 Å². The Hall–Kier alpha value is -0.710. The fourth-order valence-electron chi connectivity index (χ4n) is 10.5. The maximum Gasteiger partial charge on any atom is 0.168 e. The van der Waals surface area contributed by atoms with Gasteiger partial charge in [0.15, 0.2) is 5.78 Å². The molecule has 5 aliphatic rings. The number of rotatable bonds is 1. The second-order valence-electron chi connectivity index (χ2n) is 14.9. The van der Waals surface area contributed by atoms with Crippen LogP contribution >= 0.6 is 0 Å². The highest BCUT2D eigenvalue weighted by Gasteiger charge is 2.69. The van der Waals surface area contributed by atoms with Crippen LogP contribution in [0.5, 0.6) is 0 Å². The molecular weight excluding hydrogens is 424 g/mol. The Kier molecular flexibility index (Phi) is 5.28. The highest BCUT2D eigenvalue weighted by Crippen LogP contribution is 2.75. The van der Waals surface area contributed by atoms with Crippen molar-refractivity contribution in [2.24, 2.45) is 50.2 Å². The van der Waals surface area contributed by atoms with Gasteiger partial charge in [-0.2, -0.15) is 0 Å². The summed E-state index contributed by atoms with van der Waals surface area (Å²) in [5.41, 5.74) is 0.465. The van der Waals surface area contributed by atoms with E-state index in [1.54, 1.807) is 0 Å². The van der Waals surface area contributed by atoms with Gasteiger partial charge in [0.25, 0.3) is 0 Å². The van der Waals surface area contributed by atoms with Crippen LogP contribution < -0.4 is 0 Å². The molecule has 0 unspecified atom stereocenters. The number of hydrogen-bond donors (Lipinski definition) is 3. The van der Waals surface area contributed by atoms with Crippen molar-refractivity contribution in [2.75, 3.05) is 6.61 Å². The van der Waals surface area contributed by atoms with Crippen molar-refractivity contribution in [1.82, 2.24) is 0 Å². The van der Waals surface area contributed by atoms with Crippen LogP contribution in [0.3, 0.4) is 0 Å². The minimum Gasteiger partial charge on any atom is -0.396 e. The van der Waals surface area contributed by atoms with Gasteiger partial charge < -0.3 is 15.3 Å². The van der Waals surface area contributed by atoms with Gasteiger partial charge in [0.05, 0.1) is 12.7 Å². The number of carbonyl (C=O) groups excluding carboxylic acids is 1. The van der Waals surface area contributed by atoms with Crippen molar-refractivity contribution < 1.29 is 20.1 Å². The van der Waals surface area contributed by atoms with Crippen molar-refractivity contribution in [1.29, 1.82) is 0 Å². The largest absolute Gasteiger partial charge is 0.396 e. The molecule has 5 rings (SSSR count). The van der Waals surface area contributed by atoms with Gasteiger partial charge in [-0.25, -0.2) is 0 Å². The summed E-state index contributed by atoms with van der Waals surface area (Å²) in [6, 6.07) is 0. The monoisotopic (exact) mass is 472 g/mol. The number of aliphatic hydroxyl groups is 3. The van der Waals surface area contributed by atoms with Gasteiger partial charge in [0.1, 0.15) is 6.10 Å². The van der Waals surface area contributed by atoms with Gasteiger partial charge in [0, 0.05) is 10.8 Å². The molecule has 4 fully saturated rings. The third-order valence-corrected chi connectivity index (χ3v) is 13.2. The molecule has 5 aliphatic carbocycles. The molecular formula is C30H48O4. The van der Waals surface area contributed by atoms with Crippen LogP contribution in [0.4, 0.5) is 0 Å². The van der Waals surface area contributed by atoms with Crippen LogP contribution in [-0.4, -0.2) is 39.9 Å². The van der Waals surface area contributed by atoms with Gasteiger partial charge in [-0.05, 0) is 90.8 Å². The zero-order chi connectivity index (χ0) is 25.1. The van der Waals surface area contributed by atoms with Crippen molar-refractivity contribution in [3.05, 3.63) is 11.6 Å². The Morgan fingerprint density at radius 2 is 1.59 bits per heavy atom. The van der Waals surface area contributed by atoms with E-state index in [2.05, 4.69) is 54.5 Å². The van der Waals surface area contributed by atoms with Crippen molar-refractivity contribution in [2.45, 2.75) is 112 Å². The molecule has 0 aromatic heterocycles. The molecule has 0 aliphatic heterocycles. The summed E-state index contributed by atoms with van der Waals surface area (Å²) >= 11 is 0. The predicted octanol–water partition coefficient (Wildman–Crippen LogP) is 5.29. The molecule has 0 heterocycles. The fourth-order valence-corrected chi connectivity index (χ4v) is 10.5. The summed E-state index contributed by atoms with van der Waals surface area (Å²) in [7, 11) is 0.